The van der Waals surface area contributed by atoms with E-state index in [0.29, 0.717) is 0 Å². The summed E-state index contributed by atoms with van der Waals surface area (Å²) in [6.45, 7) is 1.85. The van der Waals surface area contributed by atoms with Gasteiger partial charge in [-0.1, -0.05) is 0 Å². The number of carboxylic acid groups (broad SMARTS) is 1. The number of sulfonamides is 1. The van der Waals surface area contributed by atoms with Crippen LogP contribution in [-0.2, 0) is 10.0 Å². The topological polar surface area (TPSA) is 99.3 Å². The maximum absolute atomic E-state index is 12.0. The van der Waals surface area contributed by atoms with Crippen LogP contribution in [0.2, 0.25) is 0 Å². The highest BCUT2D eigenvalue weighted by atomic mass is 32.2. The molecule has 0 aromatic carbocycles. The molecule has 1 aliphatic carbocycles. The van der Waals surface area contributed by atoms with E-state index in [9.17, 15) is 13.2 Å². The van der Waals surface area contributed by atoms with Gasteiger partial charge in [0, 0.05) is 11.7 Å². The number of aromatic nitrogens is 1. The minimum absolute atomic E-state index is 0.0389. The largest absolute Gasteiger partial charge is 0.477 e. The van der Waals surface area contributed by atoms with Gasteiger partial charge in [0.25, 0.3) is 0 Å². The fourth-order valence-electron chi connectivity index (χ4n) is 1.85. The maximum Gasteiger partial charge on any atom is 0.352 e. The number of carboxylic acids is 1. The first kappa shape index (κ1) is 12.1. The van der Waals surface area contributed by atoms with E-state index in [1.54, 1.807) is 0 Å². The summed E-state index contributed by atoms with van der Waals surface area (Å²) in [6, 6.07) is 1.12. The summed E-state index contributed by atoms with van der Waals surface area (Å²) in [4.78, 5) is 13.0. The average Bonchev–Trinajstić information content (AvgIpc) is 2.63. The van der Waals surface area contributed by atoms with Crippen molar-refractivity contribution in [2.24, 2.45) is 0 Å². The van der Waals surface area contributed by atoms with E-state index in [4.69, 9.17) is 5.11 Å². The first-order valence-corrected chi connectivity index (χ1v) is 6.76. The lowest BCUT2D eigenvalue weighted by atomic mass is 9.80. The van der Waals surface area contributed by atoms with Gasteiger partial charge in [0.2, 0.25) is 10.0 Å². The zero-order valence-corrected chi connectivity index (χ0v) is 10.2. The molecule has 0 aliphatic heterocycles. The molecule has 1 aromatic rings. The van der Waals surface area contributed by atoms with Crippen LogP contribution in [0.4, 0.5) is 0 Å². The zero-order valence-electron chi connectivity index (χ0n) is 9.36. The summed E-state index contributed by atoms with van der Waals surface area (Å²) in [5.41, 5.74) is -0.524. The van der Waals surface area contributed by atoms with E-state index in [1.807, 2.05) is 6.92 Å². The molecule has 0 atom stereocenters. The van der Waals surface area contributed by atoms with Gasteiger partial charge in [-0.2, -0.15) is 0 Å². The number of hydrogen-bond acceptors (Lipinski definition) is 3. The predicted molar refractivity (Wildman–Crippen MR) is 60.3 cm³/mol. The van der Waals surface area contributed by atoms with Crippen LogP contribution in [0.1, 0.15) is 36.7 Å². The van der Waals surface area contributed by atoms with Crippen LogP contribution in [0.5, 0.6) is 0 Å². The van der Waals surface area contributed by atoms with E-state index in [0.717, 1.165) is 25.3 Å². The van der Waals surface area contributed by atoms with Crippen LogP contribution in [0.15, 0.2) is 17.2 Å². The van der Waals surface area contributed by atoms with Gasteiger partial charge in [0.15, 0.2) is 0 Å². The lowest BCUT2D eigenvalue weighted by Crippen LogP contribution is -2.50. The second-order valence-corrected chi connectivity index (χ2v) is 6.26. The minimum Gasteiger partial charge on any atom is -0.477 e. The summed E-state index contributed by atoms with van der Waals surface area (Å²) in [5, 5.41) is 8.71. The van der Waals surface area contributed by atoms with Crippen LogP contribution in [0, 0.1) is 0 Å². The van der Waals surface area contributed by atoms with Gasteiger partial charge < -0.3 is 10.1 Å². The Morgan fingerprint density at radius 3 is 2.59 bits per heavy atom. The van der Waals surface area contributed by atoms with Crippen molar-refractivity contribution in [1.82, 2.24) is 9.71 Å². The van der Waals surface area contributed by atoms with Crippen molar-refractivity contribution in [3.8, 4) is 0 Å². The zero-order chi connectivity index (χ0) is 12.7. The number of nitrogens with one attached hydrogen (secondary N) is 2. The number of aromatic amines is 1. The van der Waals surface area contributed by atoms with Crippen molar-refractivity contribution in [3.05, 3.63) is 18.0 Å². The summed E-state index contributed by atoms with van der Waals surface area (Å²) in [6.07, 6.45) is 3.81. The van der Waals surface area contributed by atoms with E-state index in [1.165, 1.54) is 6.20 Å². The Morgan fingerprint density at radius 1 is 1.53 bits per heavy atom. The number of rotatable bonds is 4. The van der Waals surface area contributed by atoms with E-state index >= 15 is 0 Å². The SMILES string of the molecule is CC1(NS(=O)(=O)c2c[nH]c(C(=O)O)c2)CCC1. The van der Waals surface area contributed by atoms with Crippen molar-refractivity contribution in [3.63, 3.8) is 0 Å². The van der Waals surface area contributed by atoms with Gasteiger partial charge in [-0.15, -0.1) is 0 Å². The quantitative estimate of drug-likeness (QED) is 0.748. The van der Waals surface area contributed by atoms with E-state index < -0.39 is 16.0 Å². The Labute approximate surface area is 99.1 Å². The third-order valence-corrected chi connectivity index (χ3v) is 4.65. The van der Waals surface area contributed by atoms with Gasteiger partial charge in [0.1, 0.15) is 10.6 Å². The van der Waals surface area contributed by atoms with Crippen LogP contribution in [0.25, 0.3) is 0 Å². The van der Waals surface area contributed by atoms with Gasteiger partial charge in [-0.05, 0) is 32.3 Å². The Bertz CT molecular complexity index is 542. The Kier molecular flexibility index (Phi) is 2.75. The molecule has 2 rings (SSSR count). The molecular weight excluding hydrogens is 244 g/mol. The number of aromatic carboxylic acids is 1. The molecule has 0 saturated heterocycles. The Morgan fingerprint density at radius 2 is 2.18 bits per heavy atom. The highest BCUT2D eigenvalue weighted by Gasteiger charge is 2.36. The predicted octanol–water partition coefficient (Wildman–Crippen LogP) is 0.934. The van der Waals surface area contributed by atoms with Gasteiger partial charge in [-0.25, -0.2) is 17.9 Å². The Balaban J connectivity index is 2.22. The number of hydrogen-bond donors (Lipinski definition) is 3. The fourth-order valence-corrected chi connectivity index (χ4v) is 3.30. The molecule has 1 fully saturated rings. The molecule has 1 saturated carbocycles. The van der Waals surface area contributed by atoms with Crippen molar-refractivity contribution in [1.29, 1.82) is 0 Å². The van der Waals surface area contributed by atoms with Gasteiger partial charge in [-0.3, -0.25) is 0 Å². The first-order valence-electron chi connectivity index (χ1n) is 5.28. The summed E-state index contributed by atoms with van der Waals surface area (Å²) < 4.78 is 26.5. The van der Waals surface area contributed by atoms with E-state index in [2.05, 4.69) is 9.71 Å². The summed E-state index contributed by atoms with van der Waals surface area (Å²) >= 11 is 0. The van der Waals surface area contributed by atoms with Gasteiger partial charge >= 0.3 is 5.97 Å². The molecule has 3 N–H and O–H groups in total. The summed E-state index contributed by atoms with van der Waals surface area (Å²) in [5.74, 6) is -1.18. The standard InChI is InChI=1S/C10H14N2O4S/c1-10(3-2-4-10)12-17(15,16)7-5-8(9(13)14)11-6-7/h5-6,11-12H,2-4H2,1H3,(H,13,14). The molecule has 6 nitrogen and oxygen atoms in total. The van der Waals surface area contributed by atoms with Crippen molar-refractivity contribution >= 4 is 16.0 Å². The fraction of sp³-hybridized carbons (Fsp3) is 0.500. The second kappa shape index (κ2) is 3.85. The number of H-pyrrole nitrogens is 1. The Hall–Kier alpha value is -1.34. The van der Waals surface area contributed by atoms with Crippen molar-refractivity contribution in [2.45, 2.75) is 36.6 Å². The normalized spacial score (nSPS) is 18.6. The molecule has 0 spiro atoms. The van der Waals surface area contributed by atoms with Crippen LogP contribution in [0.3, 0.4) is 0 Å². The average molecular weight is 258 g/mol. The highest BCUT2D eigenvalue weighted by Crippen LogP contribution is 2.32. The third-order valence-electron chi connectivity index (χ3n) is 3.04. The molecule has 1 aromatic heterocycles. The molecule has 1 heterocycles. The lowest BCUT2D eigenvalue weighted by Gasteiger charge is -2.38. The van der Waals surface area contributed by atoms with Crippen molar-refractivity contribution < 1.29 is 18.3 Å². The highest BCUT2D eigenvalue weighted by molar-refractivity contribution is 7.89. The molecule has 94 valence electrons. The molecule has 0 unspecified atom stereocenters. The molecule has 0 amide bonds. The third kappa shape index (κ3) is 2.34. The molecule has 17 heavy (non-hydrogen) atoms. The molecule has 1 aliphatic rings. The lowest BCUT2D eigenvalue weighted by molar-refractivity contribution is 0.0691. The van der Waals surface area contributed by atoms with Crippen LogP contribution in [-0.4, -0.2) is 30.0 Å². The van der Waals surface area contributed by atoms with E-state index in [-0.39, 0.29) is 16.1 Å². The van der Waals surface area contributed by atoms with Crippen LogP contribution >= 0.6 is 0 Å². The summed E-state index contributed by atoms with van der Waals surface area (Å²) in [7, 11) is -3.64. The monoisotopic (exact) mass is 258 g/mol. The van der Waals surface area contributed by atoms with Gasteiger partial charge in [0.05, 0.1) is 0 Å². The van der Waals surface area contributed by atoms with Crippen LogP contribution < -0.4 is 4.72 Å². The van der Waals surface area contributed by atoms with Crippen molar-refractivity contribution in [2.75, 3.05) is 0 Å². The molecule has 7 heteroatoms. The minimum atomic E-state index is -3.64. The molecular formula is C10H14N2O4S. The smallest absolute Gasteiger partial charge is 0.352 e. The first-order chi connectivity index (χ1) is 7.82. The maximum atomic E-state index is 12.0. The molecule has 0 bridgehead atoms. The number of carbonyl (C=O) groups is 1. The second-order valence-electron chi connectivity index (χ2n) is 4.57. The molecule has 0 radical (unpaired) electrons.